The predicted octanol–water partition coefficient (Wildman–Crippen LogP) is 0.920. The van der Waals surface area contributed by atoms with Gasteiger partial charge in [0.1, 0.15) is 3.70 Å². The van der Waals surface area contributed by atoms with Crippen molar-refractivity contribution in [2.45, 2.75) is 6.04 Å². The normalized spacial score (nSPS) is 23.0. The van der Waals surface area contributed by atoms with Crippen LogP contribution in [0, 0.1) is 3.70 Å². The number of pyridine rings is 1. The highest BCUT2D eigenvalue weighted by Gasteiger charge is 2.14. The van der Waals surface area contributed by atoms with E-state index in [0.717, 1.165) is 29.0 Å². The summed E-state index contributed by atoms with van der Waals surface area (Å²) >= 11 is 2.24. The maximum absolute atomic E-state index is 4.48. The fourth-order valence-electron chi connectivity index (χ4n) is 1.48. The van der Waals surface area contributed by atoms with Crippen molar-refractivity contribution in [2.24, 2.45) is 0 Å². The SMILES string of the molecule is Ic1cccc([C@H]2CNCCN2)n1. The minimum atomic E-state index is 0.378. The van der Waals surface area contributed by atoms with Crippen LogP contribution in [-0.2, 0) is 0 Å². The van der Waals surface area contributed by atoms with E-state index in [0.29, 0.717) is 6.04 Å². The van der Waals surface area contributed by atoms with Crippen molar-refractivity contribution in [2.75, 3.05) is 19.6 Å². The maximum Gasteiger partial charge on any atom is 0.101 e. The Hall–Kier alpha value is -0.200. The Balaban J connectivity index is 2.14. The van der Waals surface area contributed by atoms with Crippen LogP contribution in [0.4, 0.5) is 0 Å². The first-order valence-electron chi connectivity index (χ1n) is 4.43. The first-order valence-corrected chi connectivity index (χ1v) is 5.51. The standard InChI is InChI=1S/C9H12IN3/c10-9-3-1-2-7(13-9)8-6-11-4-5-12-8/h1-3,8,11-12H,4-6H2/t8-/m1/s1. The average Bonchev–Trinajstić information content (AvgIpc) is 2.19. The van der Waals surface area contributed by atoms with Crippen LogP contribution in [0.5, 0.6) is 0 Å². The van der Waals surface area contributed by atoms with E-state index in [1.807, 2.05) is 6.07 Å². The van der Waals surface area contributed by atoms with Crippen molar-refractivity contribution in [3.05, 3.63) is 27.6 Å². The lowest BCUT2D eigenvalue weighted by Gasteiger charge is -2.23. The number of nitrogens with one attached hydrogen (secondary N) is 2. The molecule has 0 radical (unpaired) electrons. The summed E-state index contributed by atoms with van der Waals surface area (Å²) in [4.78, 5) is 4.48. The van der Waals surface area contributed by atoms with Crippen molar-refractivity contribution in [1.29, 1.82) is 0 Å². The monoisotopic (exact) mass is 289 g/mol. The molecule has 1 saturated heterocycles. The van der Waals surface area contributed by atoms with Crippen molar-refractivity contribution in [3.8, 4) is 0 Å². The third kappa shape index (κ3) is 2.38. The smallest absolute Gasteiger partial charge is 0.101 e. The van der Waals surface area contributed by atoms with Crippen molar-refractivity contribution in [1.82, 2.24) is 15.6 Å². The number of hydrogen-bond donors (Lipinski definition) is 2. The molecule has 0 saturated carbocycles. The second kappa shape index (κ2) is 4.34. The Labute approximate surface area is 91.5 Å². The van der Waals surface area contributed by atoms with Crippen LogP contribution in [0.15, 0.2) is 18.2 Å². The molecule has 4 heteroatoms. The van der Waals surface area contributed by atoms with Gasteiger partial charge in [0.25, 0.3) is 0 Å². The van der Waals surface area contributed by atoms with Gasteiger partial charge in [-0.25, -0.2) is 4.98 Å². The molecule has 1 aromatic rings. The largest absolute Gasteiger partial charge is 0.314 e. The Morgan fingerprint density at radius 1 is 1.38 bits per heavy atom. The lowest BCUT2D eigenvalue weighted by atomic mass is 10.1. The zero-order valence-electron chi connectivity index (χ0n) is 7.26. The Morgan fingerprint density at radius 2 is 2.31 bits per heavy atom. The molecule has 13 heavy (non-hydrogen) atoms. The van der Waals surface area contributed by atoms with E-state index >= 15 is 0 Å². The van der Waals surface area contributed by atoms with Crippen LogP contribution < -0.4 is 10.6 Å². The average molecular weight is 289 g/mol. The summed E-state index contributed by atoms with van der Waals surface area (Å²) in [6.45, 7) is 3.06. The lowest BCUT2D eigenvalue weighted by molar-refractivity contribution is 0.423. The summed E-state index contributed by atoms with van der Waals surface area (Å²) in [6, 6.07) is 6.52. The Bertz CT molecular complexity index is 284. The second-order valence-corrected chi connectivity index (χ2v) is 4.20. The summed E-state index contributed by atoms with van der Waals surface area (Å²) in [5.41, 5.74) is 1.14. The first-order chi connectivity index (χ1) is 6.36. The molecule has 1 aliphatic rings. The molecule has 3 nitrogen and oxygen atoms in total. The maximum atomic E-state index is 4.48. The third-order valence-electron chi connectivity index (χ3n) is 2.13. The van der Waals surface area contributed by atoms with Gasteiger partial charge < -0.3 is 10.6 Å². The molecule has 0 bridgehead atoms. The van der Waals surface area contributed by atoms with Gasteiger partial charge in [-0.05, 0) is 34.7 Å². The number of rotatable bonds is 1. The number of halogens is 1. The van der Waals surface area contributed by atoms with E-state index in [1.165, 1.54) is 0 Å². The summed E-state index contributed by atoms with van der Waals surface area (Å²) < 4.78 is 1.06. The van der Waals surface area contributed by atoms with Crippen LogP contribution in [0.1, 0.15) is 11.7 Å². The van der Waals surface area contributed by atoms with E-state index in [1.54, 1.807) is 0 Å². The van der Waals surface area contributed by atoms with Gasteiger partial charge in [0.2, 0.25) is 0 Å². The molecular formula is C9H12IN3. The van der Waals surface area contributed by atoms with Gasteiger partial charge in [0.15, 0.2) is 0 Å². The minimum absolute atomic E-state index is 0.378. The summed E-state index contributed by atoms with van der Waals surface area (Å²) in [5.74, 6) is 0. The summed E-state index contributed by atoms with van der Waals surface area (Å²) in [6.07, 6.45) is 0. The number of aromatic nitrogens is 1. The van der Waals surface area contributed by atoms with Gasteiger partial charge in [-0.15, -0.1) is 0 Å². The molecule has 0 unspecified atom stereocenters. The molecule has 1 fully saturated rings. The van der Waals surface area contributed by atoms with E-state index in [-0.39, 0.29) is 0 Å². The van der Waals surface area contributed by atoms with Crippen LogP contribution in [-0.4, -0.2) is 24.6 Å². The van der Waals surface area contributed by atoms with Crippen LogP contribution in [0.2, 0.25) is 0 Å². The zero-order chi connectivity index (χ0) is 9.10. The summed E-state index contributed by atoms with van der Waals surface area (Å²) in [5, 5.41) is 6.78. The summed E-state index contributed by atoms with van der Waals surface area (Å²) in [7, 11) is 0. The van der Waals surface area contributed by atoms with Gasteiger partial charge in [-0.1, -0.05) is 6.07 Å². The van der Waals surface area contributed by atoms with E-state index < -0.39 is 0 Å². The van der Waals surface area contributed by atoms with Gasteiger partial charge in [-0.2, -0.15) is 0 Å². The predicted molar refractivity (Wildman–Crippen MR) is 60.6 cm³/mol. The first kappa shape index (κ1) is 9.36. The van der Waals surface area contributed by atoms with Crippen LogP contribution in [0.3, 0.4) is 0 Å². The minimum Gasteiger partial charge on any atom is -0.314 e. The zero-order valence-corrected chi connectivity index (χ0v) is 9.41. The quantitative estimate of drug-likeness (QED) is 0.596. The molecule has 0 aromatic carbocycles. The van der Waals surface area contributed by atoms with Gasteiger partial charge in [0, 0.05) is 19.6 Å². The molecule has 2 N–H and O–H groups in total. The topological polar surface area (TPSA) is 37.0 Å². The highest BCUT2D eigenvalue weighted by molar-refractivity contribution is 14.1. The number of hydrogen-bond acceptors (Lipinski definition) is 3. The highest BCUT2D eigenvalue weighted by atomic mass is 127. The van der Waals surface area contributed by atoms with E-state index in [4.69, 9.17) is 0 Å². The molecule has 70 valence electrons. The Kier molecular flexibility index (Phi) is 3.13. The number of piperazine rings is 1. The highest BCUT2D eigenvalue weighted by Crippen LogP contribution is 2.12. The third-order valence-corrected chi connectivity index (χ3v) is 2.74. The van der Waals surface area contributed by atoms with Gasteiger partial charge in [0.05, 0.1) is 11.7 Å². The van der Waals surface area contributed by atoms with E-state index in [2.05, 4.69) is 50.3 Å². The molecule has 0 aliphatic carbocycles. The van der Waals surface area contributed by atoms with Gasteiger partial charge in [-0.3, -0.25) is 0 Å². The van der Waals surface area contributed by atoms with Crippen LogP contribution in [0.25, 0.3) is 0 Å². The van der Waals surface area contributed by atoms with Crippen molar-refractivity contribution >= 4 is 22.6 Å². The molecule has 1 aromatic heterocycles. The fraction of sp³-hybridized carbons (Fsp3) is 0.444. The number of nitrogens with zero attached hydrogens (tertiary/aromatic N) is 1. The van der Waals surface area contributed by atoms with Crippen LogP contribution >= 0.6 is 22.6 Å². The molecule has 0 spiro atoms. The molecule has 2 heterocycles. The lowest BCUT2D eigenvalue weighted by Crippen LogP contribution is -2.43. The molecule has 1 aliphatic heterocycles. The van der Waals surface area contributed by atoms with Crippen molar-refractivity contribution in [3.63, 3.8) is 0 Å². The van der Waals surface area contributed by atoms with E-state index in [9.17, 15) is 0 Å². The molecular weight excluding hydrogens is 277 g/mol. The van der Waals surface area contributed by atoms with Gasteiger partial charge >= 0.3 is 0 Å². The molecule has 1 atom stereocenters. The Morgan fingerprint density at radius 3 is 3.00 bits per heavy atom. The second-order valence-electron chi connectivity index (χ2n) is 3.10. The fourth-order valence-corrected chi connectivity index (χ4v) is 1.97. The van der Waals surface area contributed by atoms with Crippen molar-refractivity contribution < 1.29 is 0 Å². The molecule has 2 rings (SSSR count). The molecule has 0 amide bonds.